The fourth-order valence-corrected chi connectivity index (χ4v) is 3.19. The Morgan fingerprint density at radius 2 is 1.96 bits per heavy atom. The van der Waals surface area contributed by atoms with Crippen LogP contribution in [0.1, 0.15) is 26.7 Å². The van der Waals surface area contributed by atoms with Crippen molar-refractivity contribution in [2.75, 3.05) is 34.4 Å². The number of urea groups is 1. The molecule has 3 rings (SSSR count). The Balaban J connectivity index is 2.00. The van der Waals surface area contributed by atoms with Gasteiger partial charge in [-0.3, -0.25) is 5.73 Å². The van der Waals surface area contributed by atoms with Crippen molar-refractivity contribution in [2.24, 2.45) is 5.73 Å². The van der Waals surface area contributed by atoms with Gasteiger partial charge in [-0.15, -0.1) is 4.36 Å². The molecular weight excluding hydrogens is 330 g/mol. The molecule has 1 fully saturated rings. The van der Waals surface area contributed by atoms with Crippen molar-refractivity contribution in [1.82, 2.24) is 5.10 Å². The number of aromatic amines is 1. The van der Waals surface area contributed by atoms with Crippen molar-refractivity contribution in [3.63, 3.8) is 0 Å². The van der Waals surface area contributed by atoms with E-state index in [-0.39, 0.29) is 0 Å². The molecule has 2 aromatic rings. The Morgan fingerprint density at radius 1 is 1.27 bits per heavy atom. The molecule has 0 atom stereocenters. The lowest BCUT2D eigenvalue weighted by Crippen LogP contribution is -2.27. The molecule has 0 aliphatic carbocycles. The highest BCUT2D eigenvalue weighted by Crippen LogP contribution is 2.31. The highest BCUT2D eigenvalue weighted by molar-refractivity contribution is 5.94. The van der Waals surface area contributed by atoms with Crippen LogP contribution in [0.5, 0.6) is 0 Å². The second-order valence-corrected chi connectivity index (χ2v) is 6.67. The van der Waals surface area contributed by atoms with Gasteiger partial charge in [0.15, 0.2) is 5.69 Å². The fourth-order valence-electron chi connectivity index (χ4n) is 3.19. The zero-order valence-electron chi connectivity index (χ0n) is 15.2. The van der Waals surface area contributed by atoms with E-state index in [1.54, 1.807) is 4.36 Å². The SMILES string of the molecule is C=c1[nH][n+](=C(C)C)c(N)c1Nc1ccc(N2CCCC2)cc1NC(N)=O. The van der Waals surface area contributed by atoms with Crippen molar-refractivity contribution in [3.05, 3.63) is 29.3 Å². The average molecular weight is 356 g/mol. The number of H-pyrrole nitrogens is 1. The quantitative estimate of drug-likeness (QED) is 0.534. The normalized spacial score (nSPS) is 13.7. The van der Waals surface area contributed by atoms with E-state index in [0.717, 1.165) is 24.5 Å². The van der Waals surface area contributed by atoms with Crippen molar-refractivity contribution < 1.29 is 9.15 Å². The van der Waals surface area contributed by atoms with E-state index in [1.165, 1.54) is 12.8 Å². The predicted octanol–water partition coefficient (Wildman–Crippen LogP) is 1.55. The van der Waals surface area contributed by atoms with Crippen molar-refractivity contribution in [1.29, 1.82) is 0 Å². The molecule has 2 amide bonds. The molecule has 1 aromatic heterocycles. The predicted molar refractivity (Wildman–Crippen MR) is 105 cm³/mol. The van der Waals surface area contributed by atoms with Gasteiger partial charge < -0.3 is 21.3 Å². The van der Waals surface area contributed by atoms with E-state index in [9.17, 15) is 4.79 Å². The summed E-state index contributed by atoms with van der Waals surface area (Å²) >= 11 is 0. The number of hydrogen-bond acceptors (Lipinski definition) is 4. The number of anilines is 5. The number of nitrogens with one attached hydrogen (secondary N) is 3. The van der Waals surface area contributed by atoms with Crippen LogP contribution in [-0.2, 0) is 0 Å². The first-order valence-corrected chi connectivity index (χ1v) is 8.65. The zero-order chi connectivity index (χ0) is 18.8. The number of aromatic nitrogens is 2. The summed E-state index contributed by atoms with van der Waals surface area (Å²) in [6.07, 6.45) is 2.35. The van der Waals surface area contributed by atoms with Crippen molar-refractivity contribution >= 4 is 41.2 Å². The Bertz CT molecular complexity index is 937. The van der Waals surface area contributed by atoms with Gasteiger partial charge in [0.2, 0.25) is 0 Å². The molecule has 8 nitrogen and oxygen atoms in total. The number of carbonyl (C=O) groups is 1. The summed E-state index contributed by atoms with van der Waals surface area (Å²) in [7, 11) is 0. The lowest BCUT2D eigenvalue weighted by atomic mass is 10.2. The summed E-state index contributed by atoms with van der Waals surface area (Å²) in [6.45, 7) is 9.92. The molecule has 1 aliphatic rings. The standard InChI is InChI=1S/C18H25N7O/c1-11(2)25-17(19)16(12(3)23-25)21-14-7-6-13(24-8-4-5-9-24)10-15(14)22-18(20)26/h6-7,10,21,23H,3-5,8-9,19H2,1-2H3,(H2-,20,22,26)/p+1. The molecule has 0 spiro atoms. The fraction of sp³-hybridized carbons (Fsp3) is 0.333. The molecule has 8 heteroatoms. The van der Waals surface area contributed by atoms with E-state index >= 15 is 0 Å². The Labute approximate surface area is 152 Å². The third-order valence-electron chi connectivity index (χ3n) is 4.48. The first-order chi connectivity index (χ1) is 12.4. The summed E-state index contributed by atoms with van der Waals surface area (Å²) in [5.74, 6) is 0.517. The number of benzene rings is 1. The highest BCUT2D eigenvalue weighted by Gasteiger charge is 2.18. The number of nitrogens with two attached hydrogens (primary N) is 2. The summed E-state index contributed by atoms with van der Waals surface area (Å²) in [4.78, 5) is 13.7. The van der Waals surface area contributed by atoms with Crippen LogP contribution in [-0.4, -0.2) is 24.2 Å². The van der Waals surface area contributed by atoms with Crippen molar-refractivity contribution in [2.45, 2.75) is 26.7 Å². The third kappa shape index (κ3) is 3.44. The number of primary amides is 1. The van der Waals surface area contributed by atoms with Gasteiger partial charge in [0.05, 0.1) is 16.7 Å². The maximum atomic E-state index is 11.5. The number of rotatable bonds is 4. The van der Waals surface area contributed by atoms with Crippen LogP contribution in [0.3, 0.4) is 0 Å². The topological polar surface area (TPSA) is 118 Å². The second-order valence-electron chi connectivity index (χ2n) is 6.67. The molecule has 2 heterocycles. The minimum Gasteiger partial charge on any atom is -0.371 e. The molecule has 0 bridgehead atoms. The largest absolute Gasteiger partial charge is 0.371 e. The monoisotopic (exact) mass is 356 g/mol. The van der Waals surface area contributed by atoms with Gasteiger partial charge in [-0.05, 0) is 44.9 Å². The van der Waals surface area contributed by atoms with Crippen LogP contribution in [0, 0.1) is 5.71 Å². The molecule has 1 aromatic carbocycles. The van der Waals surface area contributed by atoms with E-state index in [1.807, 2.05) is 32.0 Å². The smallest absolute Gasteiger partial charge is 0.322 e. The summed E-state index contributed by atoms with van der Waals surface area (Å²) < 4.78 is 1.75. The van der Waals surface area contributed by atoms with Gasteiger partial charge >= 0.3 is 11.8 Å². The molecule has 26 heavy (non-hydrogen) atoms. The van der Waals surface area contributed by atoms with Gasteiger partial charge in [0.25, 0.3) is 0 Å². The molecule has 1 saturated heterocycles. The molecule has 7 N–H and O–H groups in total. The summed E-state index contributed by atoms with van der Waals surface area (Å²) in [5, 5.41) is 9.72. The Kier molecular flexibility index (Phi) is 4.75. The lowest BCUT2D eigenvalue weighted by Gasteiger charge is -2.20. The Hall–Kier alpha value is -3.16. The van der Waals surface area contributed by atoms with E-state index < -0.39 is 6.03 Å². The maximum absolute atomic E-state index is 11.5. The summed E-state index contributed by atoms with van der Waals surface area (Å²) in [5.41, 5.74) is 15.6. The molecule has 0 unspecified atom stereocenters. The number of carbonyl (C=O) groups excluding carboxylic acids is 1. The molecule has 0 radical (unpaired) electrons. The van der Waals surface area contributed by atoms with Gasteiger partial charge in [-0.2, -0.15) is 0 Å². The van der Waals surface area contributed by atoms with E-state index in [0.29, 0.717) is 28.2 Å². The number of nitrogens with zero attached hydrogens (tertiary/aromatic N) is 2. The van der Waals surface area contributed by atoms with Crippen LogP contribution in [0.15, 0.2) is 18.2 Å². The highest BCUT2D eigenvalue weighted by atomic mass is 16.2. The van der Waals surface area contributed by atoms with E-state index in [2.05, 4.69) is 27.2 Å². The van der Waals surface area contributed by atoms with Crippen LogP contribution >= 0.6 is 0 Å². The number of nitrogen functional groups attached to an aromatic ring is 1. The minimum absolute atomic E-state index is 0.517. The molecule has 1 aliphatic heterocycles. The average Bonchev–Trinajstić information content (AvgIpc) is 3.19. The van der Waals surface area contributed by atoms with Gasteiger partial charge in [-0.25, -0.2) is 9.89 Å². The molecular formula is C18H26N7O+. The van der Waals surface area contributed by atoms with Crippen LogP contribution in [0.4, 0.5) is 33.4 Å². The minimum atomic E-state index is -0.615. The van der Waals surface area contributed by atoms with Gasteiger partial charge in [0, 0.05) is 18.8 Å². The summed E-state index contributed by atoms with van der Waals surface area (Å²) in [6, 6.07) is 5.25. The van der Waals surface area contributed by atoms with Gasteiger partial charge in [-0.1, -0.05) is 6.58 Å². The second kappa shape index (κ2) is 6.99. The van der Waals surface area contributed by atoms with Crippen LogP contribution < -0.4 is 36.7 Å². The Morgan fingerprint density at radius 3 is 2.54 bits per heavy atom. The first-order valence-electron chi connectivity index (χ1n) is 8.65. The third-order valence-corrected chi connectivity index (χ3v) is 4.48. The van der Waals surface area contributed by atoms with Crippen LogP contribution in [0.25, 0.3) is 6.58 Å². The van der Waals surface area contributed by atoms with Crippen LogP contribution in [0.2, 0.25) is 0 Å². The maximum Gasteiger partial charge on any atom is 0.322 e. The van der Waals surface area contributed by atoms with Gasteiger partial charge in [0.1, 0.15) is 5.71 Å². The number of hydrogen-bond donors (Lipinski definition) is 5. The zero-order valence-corrected chi connectivity index (χ0v) is 15.2. The molecule has 138 valence electrons. The molecule has 0 saturated carbocycles. The number of amides is 2. The van der Waals surface area contributed by atoms with E-state index in [4.69, 9.17) is 11.5 Å². The first kappa shape index (κ1) is 17.7. The van der Waals surface area contributed by atoms with Crippen molar-refractivity contribution in [3.8, 4) is 0 Å². The lowest BCUT2D eigenvalue weighted by molar-refractivity contribution is -0.571.